The molecular weight excluding hydrogens is 260 g/mol. The van der Waals surface area contributed by atoms with Gasteiger partial charge in [0.25, 0.3) is 0 Å². The first-order chi connectivity index (χ1) is 9.00. The van der Waals surface area contributed by atoms with Gasteiger partial charge in [0.1, 0.15) is 5.84 Å². The van der Waals surface area contributed by atoms with Crippen molar-refractivity contribution in [3.05, 3.63) is 18.2 Å². The van der Waals surface area contributed by atoms with Crippen molar-refractivity contribution < 1.29 is 23.5 Å². The van der Waals surface area contributed by atoms with Crippen molar-refractivity contribution in [2.24, 2.45) is 10.9 Å². The third kappa shape index (κ3) is 3.36. The highest BCUT2D eigenvalue weighted by atomic mass is 19.3. The van der Waals surface area contributed by atoms with Crippen LogP contribution in [0.25, 0.3) is 0 Å². The molecule has 0 atom stereocenters. The first-order valence-electron chi connectivity index (χ1n) is 5.60. The molecule has 0 saturated heterocycles. The summed E-state index contributed by atoms with van der Waals surface area (Å²) in [7, 11) is 0. The highest BCUT2D eigenvalue weighted by Crippen LogP contribution is 2.42. The van der Waals surface area contributed by atoms with Crippen LogP contribution in [0.4, 0.5) is 14.5 Å². The molecule has 1 aliphatic rings. The second kappa shape index (κ2) is 5.17. The van der Waals surface area contributed by atoms with Gasteiger partial charge in [0.2, 0.25) is 0 Å². The van der Waals surface area contributed by atoms with Gasteiger partial charge in [-0.05, 0) is 18.6 Å². The van der Waals surface area contributed by atoms with Gasteiger partial charge in [-0.3, -0.25) is 0 Å². The van der Waals surface area contributed by atoms with Gasteiger partial charge in [0.05, 0.1) is 0 Å². The minimum Gasteiger partial charge on any atom is -0.409 e. The quantitative estimate of drug-likeness (QED) is 0.251. The highest BCUT2D eigenvalue weighted by molar-refractivity contribution is 5.79. The molecule has 1 heterocycles. The first-order valence-corrected chi connectivity index (χ1v) is 5.60. The number of nitrogens with one attached hydrogen (secondary N) is 1. The molecule has 0 aliphatic carbocycles. The molecule has 8 heteroatoms. The van der Waals surface area contributed by atoms with Gasteiger partial charge in [0, 0.05) is 24.7 Å². The summed E-state index contributed by atoms with van der Waals surface area (Å²) in [5.41, 5.74) is 5.93. The van der Waals surface area contributed by atoms with E-state index in [0.717, 1.165) is 0 Å². The SMILES string of the molecule is NC(CCCNc1ccc2c(c1)OC(F)(F)O2)=NO. The number of amidine groups is 1. The van der Waals surface area contributed by atoms with E-state index in [1.807, 2.05) is 0 Å². The molecule has 2 rings (SSSR count). The van der Waals surface area contributed by atoms with Crippen molar-refractivity contribution in [3.8, 4) is 11.5 Å². The van der Waals surface area contributed by atoms with Crippen LogP contribution in [-0.2, 0) is 0 Å². The second-order valence-corrected chi connectivity index (χ2v) is 3.95. The number of benzene rings is 1. The van der Waals surface area contributed by atoms with Crippen LogP contribution in [0.5, 0.6) is 11.5 Å². The minimum atomic E-state index is -3.60. The molecular formula is C11H13F2N3O3. The van der Waals surface area contributed by atoms with E-state index in [1.165, 1.54) is 12.1 Å². The number of hydrogen-bond donors (Lipinski definition) is 3. The zero-order valence-electron chi connectivity index (χ0n) is 9.90. The summed E-state index contributed by atoms with van der Waals surface area (Å²) in [6.07, 6.45) is -2.53. The van der Waals surface area contributed by atoms with E-state index < -0.39 is 6.29 Å². The Balaban J connectivity index is 1.87. The largest absolute Gasteiger partial charge is 0.586 e. The first kappa shape index (κ1) is 13.2. The van der Waals surface area contributed by atoms with Gasteiger partial charge in [-0.15, -0.1) is 8.78 Å². The Morgan fingerprint density at radius 2 is 2.11 bits per heavy atom. The monoisotopic (exact) mass is 273 g/mol. The van der Waals surface area contributed by atoms with Crippen molar-refractivity contribution in [2.75, 3.05) is 11.9 Å². The summed E-state index contributed by atoms with van der Waals surface area (Å²) in [5.74, 6) is 0.144. The molecule has 104 valence electrons. The van der Waals surface area contributed by atoms with Crippen molar-refractivity contribution in [3.63, 3.8) is 0 Å². The lowest BCUT2D eigenvalue weighted by Crippen LogP contribution is -2.25. The van der Waals surface area contributed by atoms with Gasteiger partial charge >= 0.3 is 6.29 Å². The summed E-state index contributed by atoms with van der Waals surface area (Å²) < 4.78 is 34.2. The molecule has 0 aromatic heterocycles. The summed E-state index contributed by atoms with van der Waals surface area (Å²) >= 11 is 0. The van der Waals surface area contributed by atoms with Crippen LogP contribution < -0.4 is 20.5 Å². The van der Waals surface area contributed by atoms with Crippen molar-refractivity contribution in [1.82, 2.24) is 0 Å². The number of alkyl halides is 2. The molecule has 1 aliphatic heterocycles. The third-order valence-corrected chi connectivity index (χ3v) is 2.47. The van der Waals surface area contributed by atoms with Gasteiger partial charge in [0.15, 0.2) is 11.5 Å². The Morgan fingerprint density at radius 3 is 2.84 bits per heavy atom. The van der Waals surface area contributed by atoms with E-state index in [2.05, 4.69) is 19.9 Å². The second-order valence-electron chi connectivity index (χ2n) is 3.95. The molecule has 0 unspecified atom stereocenters. The van der Waals surface area contributed by atoms with Crippen molar-refractivity contribution >= 4 is 11.5 Å². The van der Waals surface area contributed by atoms with Crippen molar-refractivity contribution in [1.29, 1.82) is 0 Å². The zero-order chi connectivity index (χ0) is 13.9. The lowest BCUT2D eigenvalue weighted by atomic mass is 10.2. The molecule has 0 bridgehead atoms. The summed E-state index contributed by atoms with van der Waals surface area (Å²) in [6, 6.07) is 4.44. The molecule has 4 N–H and O–H groups in total. The molecule has 0 amide bonds. The number of rotatable bonds is 5. The molecule has 0 radical (unpaired) electrons. The standard InChI is InChI=1S/C11H13F2N3O3/c12-11(13)18-8-4-3-7(6-9(8)19-11)15-5-1-2-10(14)16-17/h3-4,6,15,17H,1-2,5H2,(H2,14,16). The van der Waals surface area contributed by atoms with Crippen LogP contribution in [-0.4, -0.2) is 23.9 Å². The summed E-state index contributed by atoms with van der Waals surface area (Å²) in [6.45, 7) is 0.548. The van der Waals surface area contributed by atoms with Gasteiger partial charge < -0.3 is 25.7 Å². The van der Waals surface area contributed by atoms with E-state index >= 15 is 0 Å². The van der Waals surface area contributed by atoms with E-state index in [0.29, 0.717) is 25.1 Å². The molecule has 0 saturated carbocycles. The van der Waals surface area contributed by atoms with Crippen LogP contribution in [0.1, 0.15) is 12.8 Å². The average Bonchev–Trinajstić information content (AvgIpc) is 2.67. The zero-order valence-corrected chi connectivity index (χ0v) is 9.90. The Bertz CT molecular complexity index is 494. The minimum absolute atomic E-state index is 0.00667. The number of ether oxygens (including phenoxy) is 2. The van der Waals surface area contributed by atoms with Gasteiger partial charge in [-0.2, -0.15) is 0 Å². The predicted molar refractivity (Wildman–Crippen MR) is 63.8 cm³/mol. The Morgan fingerprint density at radius 1 is 1.37 bits per heavy atom. The topological polar surface area (TPSA) is 89.1 Å². The van der Waals surface area contributed by atoms with Crippen LogP contribution in [0, 0.1) is 0 Å². The van der Waals surface area contributed by atoms with Crippen LogP contribution >= 0.6 is 0 Å². The maximum Gasteiger partial charge on any atom is 0.586 e. The Labute approximate surface area is 107 Å². The van der Waals surface area contributed by atoms with E-state index in [1.54, 1.807) is 6.07 Å². The maximum absolute atomic E-state index is 12.8. The third-order valence-electron chi connectivity index (χ3n) is 2.47. The van der Waals surface area contributed by atoms with E-state index in [-0.39, 0.29) is 17.3 Å². The predicted octanol–water partition coefficient (Wildman–Crippen LogP) is 1.95. The summed E-state index contributed by atoms with van der Waals surface area (Å²) in [4.78, 5) is 0. The Kier molecular flexibility index (Phi) is 3.59. The van der Waals surface area contributed by atoms with Crippen molar-refractivity contribution in [2.45, 2.75) is 19.1 Å². The molecule has 6 nitrogen and oxygen atoms in total. The number of nitrogens with two attached hydrogens (primary N) is 1. The van der Waals surface area contributed by atoms with E-state index in [4.69, 9.17) is 10.9 Å². The fourth-order valence-electron chi connectivity index (χ4n) is 1.61. The number of oxime groups is 1. The summed E-state index contributed by atoms with van der Waals surface area (Å²) in [5, 5.41) is 14.2. The fraction of sp³-hybridized carbons (Fsp3) is 0.364. The van der Waals surface area contributed by atoms with Crippen LogP contribution in [0.2, 0.25) is 0 Å². The van der Waals surface area contributed by atoms with Gasteiger partial charge in [-0.25, -0.2) is 0 Å². The number of fused-ring (bicyclic) bond motifs is 1. The van der Waals surface area contributed by atoms with E-state index in [9.17, 15) is 8.78 Å². The van der Waals surface area contributed by atoms with Crippen LogP contribution in [0.3, 0.4) is 0 Å². The lowest BCUT2D eigenvalue weighted by Gasteiger charge is -2.06. The van der Waals surface area contributed by atoms with Crippen LogP contribution in [0.15, 0.2) is 23.4 Å². The van der Waals surface area contributed by atoms with Gasteiger partial charge in [-0.1, -0.05) is 5.16 Å². The molecule has 19 heavy (non-hydrogen) atoms. The lowest BCUT2D eigenvalue weighted by molar-refractivity contribution is -0.286. The molecule has 0 fully saturated rings. The molecule has 0 spiro atoms. The number of anilines is 1. The Hall–Kier alpha value is -2.25. The number of hydrogen-bond acceptors (Lipinski definition) is 5. The fourth-order valence-corrected chi connectivity index (χ4v) is 1.61. The molecule has 1 aromatic carbocycles. The molecule has 1 aromatic rings. The number of nitrogens with zero attached hydrogens (tertiary/aromatic N) is 1. The maximum atomic E-state index is 12.8. The average molecular weight is 273 g/mol. The number of halogens is 2. The normalized spacial score (nSPS) is 16.4. The smallest absolute Gasteiger partial charge is 0.409 e. The highest BCUT2D eigenvalue weighted by Gasteiger charge is 2.43.